The zero-order chi connectivity index (χ0) is 25.4. The number of fused-ring (bicyclic) bond motifs is 1. The predicted molar refractivity (Wildman–Crippen MR) is 145 cm³/mol. The number of hydrogen-bond donors (Lipinski definition) is 2. The number of nitrogens with one attached hydrogen (secondary N) is 2. The van der Waals surface area contributed by atoms with Crippen LogP contribution in [0.25, 0.3) is 11.0 Å². The van der Waals surface area contributed by atoms with Crippen LogP contribution in [0.4, 0.5) is 4.79 Å². The Hall–Kier alpha value is -1.61. The van der Waals surface area contributed by atoms with Crippen LogP contribution >= 0.6 is 11.9 Å². The molecule has 4 rings (SSSR count). The molecule has 1 saturated carbocycles. The van der Waals surface area contributed by atoms with Crippen molar-refractivity contribution in [3.63, 3.8) is 0 Å². The molecular formula is C27H44N4O3S. The number of hydrogen-bond acceptors (Lipinski definition) is 7. The maximum absolute atomic E-state index is 12.5. The van der Waals surface area contributed by atoms with Gasteiger partial charge in [0.05, 0.1) is 23.7 Å². The maximum atomic E-state index is 12.5. The number of aromatic nitrogens is 2. The van der Waals surface area contributed by atoms with E-state index in [1.54, 1.807) is 18.3 Å². The molecule has 2 N–H and O–H groups in total. The lowest BCUT2D eigenvalue weighted by atomic mass is 9.82. The van der Waals surface area contributed by atoms with Crippen LogP contribution in [0.3, 0.4) is 0 Å². The minimum atomic E-state index is -0.534. The fourth-order valence-electron chi connectivity index (χ4n) is 4.97. The van der Waals surface area contributed by atoms with Gasteiger partial charge in [-0.25, -0.2) is 14.3 Å². The van der Waals surface area contributed by atoms with Gasteiger partial charge in [0, 0.05) is 18.5 Å². The molecule has 0 spiro atoms. The van der Waals surface area contributed by atoms with E-state index in [1.165, 1.54) is 10.1 Å². The average Bonchev–Trinajstić information content (AvgIpc) is 3.28. The SMILES string of the molecule is CC.CSNC1CCNCC1COC1CCC(c2ccc3c(c2)ncn3C(=O)OC(C)(C)C)CC1. The van der Waals surface area contributed by atoms with E-state index in [0.29, 0.717) is 24.0 Å². The molecule has 35 heavy (non-hydrogen) atoms. The first-order chi connectivity index (χ1) is 16.8. The van der Waals surface area contributed by atoms with Crippen molar-refractivity contribution in [2.45, 2.75) is 90.4 Å². The van der Waals surface area contributed by atoms with Crippen LogP contribution < -0.4 is 10.0 Å². The van der Waals surface area contributed by atoms with Crippen molar-refractivity contribution < 1.29 is 14.3 Å². The summed E-state index contributed by atoms with van der Waals surface area (Å²) >= 11 is 1.71. The van der Waals surface area contributed by atoms with E-state index in [-0.39, 0.29) is 0 Å². The lowest BCUT2D eigenvalue weighted by Crippen LogP contribution is -2.47. The fourth-order valence-corrected chi connectivity index (χ4v) is 5.58. The van der Waals surface area contributed by atoms with Crippen molar-refractivity contribution in [2.75, 3.05) is 26.0 Å². The Balaban J connectivity index is 0.00000167. The molecule has 1 aliphatic carbocycles. The Morgan fingerprint density at radius 3 is 2.63 bits per heavy atom. The highest BCUT2D eigenvalue weighted by molar-refractivity contribution is 7.96. The molecular weight excluding hydrogens is 460 g/mol. The summed E-state index contributed by atoms with van der Waals surface area (Å²) in [6.45, 7) is 12.5. The van der Waals surface area contributed by atoms with Crippen molar-refractivity contribution in [1.29, 1.82) is 0 Å². The Bertz CT molecular complexity index is 932. The van der Waals surface area contributed by atoms with Gasteiger partial charge in [-0.05, 0) is 89.3 Å². The lowest BCUT2D eigenvalue weighted by Gasteiger charge is -2.34. The summed E-state index contributed by atoms with van der Waals surface area (Å²) < 4.78 is 16.9. The molecule has 2 fully saturated rings. The molecule has 2 atom stereocenters. The lowest BCUT2D eigenvalue weighted by molar-refractivity contribution is -0.00385. The van der Waals surface area contributed by atoms with E-state index in [2.05, 4.69) is 33.4 Å². The molecule has 0 amide bonds. The summed E-state index contributed by atoms with van der Waals surface area (Å²) in [7, 11) is 0. The molecule has 2 unspecified atom stereocenters. The Labute approximate surface area is 215 Å². The van der Waals surface area contributed by atoms with Crippen molar-refractivity contribution in [3.05, 3.63) is 30.1 Å². The van der Waals surface area contributed by atoms with Crippen molar-refractivity contribution in [2.24, 2.45) is 5.92 Å². The Morgan fingerprint density at radius 2 is 1.94 bits per heavy atom. The average molecular weight is 505 g/mol. The molecule has 8 heteroatoms. The first-order valence-electron chi connectivity index (χ1n) is 13.1. The maximum Gasteiger partial charge on any atom is 0.420 e. The fraction of sp³-hybridized carbons (Fsp3) is 0.704. The number of carbonyl (C=O) groups excluding carboxylic acids is 1. The van der Waals surface area contributed by atoms with E-state index in [4.69, 9.17) is 9.47 Å². The van der Waals surface area contributed by atoms with Crippen LogP contribution in [0.5, 0.6) is 0 Å². The predicted octanol–water partition coefficient (Wildman–Crippen LogP) is 5.73. The summed E-state index contributed by atoms with van der Waals surface area (Å²) in [5.74, 6) is 1.05. The highest BCUT2D eigenvalue weighted by Gasteiger charge is 2.28. The van der Waals surface area contributed by atoms with Gasteiger partial charge in [0.25, 0.3) is 0 Å². The molecule has 2 heterocycles. The van der Waals surface area contributed by atoms with E-state index in [1.807, 2.05) is 40.7 Å². The van der Waals surface area contributed by atoms with E-state index < -0.39 is 11.7 Å². The van der Waals surface area contributed by atoms with Crippen LogP contribution in [-0.2, 0) is 9.47 Å². The van der Waals surface area contributed by atoms with Crippen LogP contribution in [-0.4, -0.2) is 59.3 Å². The number of nitrogens with zero attached hydrogens (tertiary/aromatic N) is 2. The van der Waals surface area contributed by atoms with Crippen LogP contribution in [0.2, 0.25) is 0 Å². The second-order valence-electron chi connectivity index (χ2n) is 10.3. The highest BCUT2D eigenvalue weighted by atomic mass is 32.2. The van der Waals surface area contributed by atoms with Crippen molar-refractivity contribution in [3.8, 4) is 0 Å². The van der Waals surface area contributed by atoms with Crippen LogP contribution in [0.1, 0.15) is 78.2 Å². The second kappa shape index (κ2) is 13.1. The van der Waals surface area contributed by atoms with Gasteiger partial charge < -0.3 is 14.8 Å². The minimum Gasteiger partial charge on any atom is -0.443 e. The number of carbonyl (C=O) groups is 1. The standard InChI is InChI=1S/C25H38N4O3S.C2H6/c1-25(2,3)32-24(30)29-16-27-22-13-18(7-10-23(22)29)17-5-8-20(9-6-17)31-15-19-14-26-12-11-21(19)28-33-4;1-2/h7,10,13,16-17,19-21,26,28H,5-6,8-9,11-12,14-15H2,1-4H3;1-2H3. The van der Waals surface area contributed by atoms with Gasteiger partial charge in [-0.2, -0.15) is 0 Å². The van der Waals surface area contributed by atoms with Gasteiger partial charge in [-0.15, -0.1) is 0 Å². The van der Waals surface area contributed by atoms with Gasteiger partial charge >= 0.3 is 6.09 Å². The normalized spacial score (nSPS) is 25.1. The highest BCUT2D eigenvalue weighted by Crippen LogP contribution is 2.35. The molecule has 2 aromatic rings. The van der Waals surface area contributed by atoms with Gasteiger partial charge in [0.15, 0.2) is 0 Å². The Kier molecular flexibility index (Phi) is 10.5. The monoisotopic (exact) mass is 504 g/mol. The molecule has 7 nitrogen and oxygen atoms in total. The van der Waals surface area contributed by atoms with Gasteiger partial charge in [-0.3, -0.25) is 4.72 Å². The van der Waals surface area contributed by atoms with Crippen LogP contribution in [0.15, 0.2) is 24.5 Å². The zero-order valence-corrected chi connectivity index (χ0v) is 23.1. The van der Waals surface area contributed by atoms with Crippen molar-refractivity contribution in [1.82, 2.24) is 19.6 Å². The third-order valence-corrected chi connectivity index (χ3v) is 7.27. The van der Waals surface area contributed by atoms with E-state index in [0.717, 1.165) is 62.8 Å². The summed E-state index contributed by atoms with van der Waals surface area (Å²) in [5.41, 5.74) is 2.40. The molecule has 1 aromatic heterocycles. The third kappa shape index (κ3) is 7.68. The van der Waals surface area contributed by atoms with Crippen molar-refractivity contribution >= 4 is 29.1 Å². The van der Waals surface area contributed by atoms with Crippen LogP contribution in [0, 0.1) is 5.92 Å². The van der Waals surface area contributed by atoms with E-state index >= 15 is 0 Å². The molecule has 1 aromatic carbocycles. The minimum absolute atomic E-state index is 0.355. The number of piperidine rings is 1. The molecule has 0 bridgehead atoms. The number of imidazole rings is 1. The summed E-state index contributed by atoms with van der Waals surface area (Å²) in [5, 5.41) is 3.51. The smallest absolute Gasteiger partial charge is 0.420 e. The second-order valence-corrected chi connectivity index (χ2v) is 11.0. The number of ether oxygens (including phenoxy) is 2. The molecule has 0 radical (unpaired) electrons. The van der Waals surface area contributed by atoms with Gasteiger partial charge in [-0.1, -0.05) is 31.9 Å². The van der Waals surface area contributed by atoms with Gasteiger partial charge in [0.2, 0.25) is 0 Å². The molecule has 2 aliphatic rings. The van der Waals surface area contributed by atoms with E-state index in [9.17, 15) is 4.79 Å². The first kappa shape index (κ1) is 28.0. The number of benzene rings is 1. The van der Waals surface area contributed by atoms with Gasteiger partial charge in [0.1, 0.15) is 11.9 Å². The zero-order valence-electron chi connectivity index (χ0n) is 22.3. The quantitative estimate of drug-likeness (QED) is 0.486. The third-order valence-electron chi connectivity index (χ3n) is 6.73. The largest absolute Gasteiger partial charge is 0.443 e. The Morgan fingerprint density at radius 1 is 1.20 bits per heavy atom. The number of rotatable bonds is 6. The molecule has 1 saturated heterocycles. The summed E-state index contributed by atoms with van der Waals surface area (Å²) in [6.07, 6.45) is 9.22. The molecule has 1 aliphatic heterocycles. The topological polar surface area (TPSA) is 77.4 Å². The molecule has 196 valence electrons. The summed E-state index contributed by atoms with van der Waals surface area (Å²) in [6, 6.07) is 6.81. The first-order valence-corrected chi connectivity index (χ1v) is 14.4. The summed E-state index contributed by atoms with van der Waals surface area (Å²) in [4.78, 5) is 16.9.